The standard InChI is InChI=1S/C16H25ClO7/c1-16(2,3)24-14(19)9-8-13(18)22-11-4-6-12(7-5-11)23-15(20)21-10-17/h11-12H,4-10H2,1-3H3. The number of ether oxygens (including phenoxy) is 4. The van der Waals surface area contributed by atoms with Crippen LogP contribution in [0.15, 0.2) is 0 Å². The molecule has 0 atom stereocenters. The van der Waals surface area contributed by atoms with E-state index < -0.39 is 23.7 Å². The highest BCUT2D eigenvalue weighted by Crippen LogP contribution is 2.24. The summed E-state index contributed by atoms with van der Waals surface area (Å²) in [6.07, 6.45) is 1.09. The molecule has 1 aliphatic rings. The van der Waals surface area contributed by atoms with E-state index in [0.29, 0.717) is 25.7 Å². The number of carbonyl (C=O) groups is 3. The molecule has 1 aliphatic carbocycles. The number of rotatable bonds is 6. The summed E-state index contributed by atoms with van der Waals surface area (Å²) in [7, 11) is 0. The molecular weight excluding hydrogens is 340 g/mol. The molecule has 1 saturated carbocycles. The van der Waals surface area contributed by atoms with Gasteiger partial charge in [-0.2, -0.15) is 0 Å². The molecule has 138 valence electrons. The molecule has 0 heterocycles. The van der Waals surface area contributed by atoms with Crippen LogP contribution in [0.1, 0.15) is 59.3 Å². The van der Waals surface area contributed by atoms with Gasteiger partial charge in [-0.3, -0.25) is 9.59 Å². The van der Waals surface area contributed by atoms with Crippen LogP contribution in [0, 0.1) is 0 Å². The minimum atomic E-state index is -0.789. The molecule has 0 N–H and O–H groups in total. The van der Waals surface area contributed by atoms with Crippen LogP contribution in [0.2, 0.25) is 0 Å². The van der Waals surface area contributed by atoms with Crippen LogP contribution >= 0.6 is 11.6 Å². The summed E-state index contributed by atoms with van der Waals surface area (Å²) >= 11 is 5.27. The predicted molar refractivity (Wildman–Crippen MR) is 85.5 cm³/mol. The highest BCUT2D eigenvalue weighted by Gasteiger charge is 2.27. The molecule has 0 aromatic heterocycles. The van der Waals surface area contributed by atoms with Crippen molar-refractivity contribution in [2.75, 3.05) is 6.07 Å². The summed E-state index contributed by atoms with van der Waals surface area (Å²) in [4.78, 5) is 34.5. The Kier molecular flexibility index (Phi) is 8.31. The maximum Gasteiger partial charge on any atom is 0.509 e. The third-order valence-electron chi connectivity index (χ3n) is 3.31. The fraction of sp³-hybridized carbons (Fsp3) is 0.812. The second-order valence-corrected chi connectivity index (χ2v) is 6.81. The smallest absolute Gasteiger partial charge is 0.462 e. The molecule has 7 nitrogen and oxygen atoms in total. The Morgan fingerprint density at radius 1 is 0.917 bits per heavy atom. The number of carbonyl (C=O) groups excluding carboxylic acids is 3. The molecule has 0 spiro atoms. The first kappa shape index (κ1) is 20.5. The fourth-order valence-corrected chi connectivity index (χ4v) is 2.41. The fourth-order valence-electron chi connectivity index (χ4n) is 2.32. The Hall–Kier alpha value is -1.50. The maximum atomic E-state index is 11.8. The monoisotopic (exact) mass is 364 g/mol. The number of alkyl halides is 1. The predicted octanol–water partition coefficient (Wildman–Crippen LogP) is 3.31. The molecule has 0 aromatic carbocycles. The van der Waals surface area contributed by atoms with Crippen molar-refractivity contribution in [2.45, 2.75) is 77.1 Å². The van der Waals surface area contributed by atoms with Crippen molar-refractivity contribution in [3.05, 3.63) is 0 Å². The van der Waals surface area contributed by atoms with Crippen LogP contribution in [0.4, 0.5) is 4.79 Å². The number of halogens is 1. The molecule has 24 heavy (non-hydrogen) atoms. The Morgan fingerprint density at radius 3 is 1.92 bits per heavy atom. The second-order valence-electron chi connectivity index (χ2n) is 6.60. The Balaban J connectivity index is 2.21. The van der Waals surface area contributed by atoms with E-state index in [4.69, 9.17) is 25.8 Å². The minimum absolute atomic E-state index is 0.00116. The minimum Gasteiger partial charge on any atom is -0.462 e. The third-order valence-corrected chi connectivity index (χ3v) is 3.42. The SMILES string of the molecule is CC(C)(C)OC(=O)CCC(=O)OC1CCC(OC(=O)OCCl)CC1. The zero-order valence-corrected chi connectivity index (χ0v) is 15.1. The first-order valence-corrected chi connectivity index (χ1v) is 8.53. The normalized spacial score (nSPS) is 20.8. The van der Waals surface area contributed by atoms with Crippen molar-refractivity contribution in [3.63, 3.8) is 0 Å². The molecule has 1 rings (SSSR count). The first-order chi connectivity index (χ1) is 11.2. The van der Waals surface area contributed by atoms with Gasteiger partial charge in [0.1, 0.15) is 17.8 Å². The van der Waals surface area contributed by atoms with Crippen molar-refractivity contribution in [1.82, 2.24) is 0 Å². The van der Waals surface area contributed by atoms with Gasteiger partial charge in [-0.15, -0.1) is 0 Å². The van der Waals surface area contributed by atoms with Crippen molar-refractivity contribution in [2.24, 2.45) is 0 Å². The summed E-state index contributed by atoms with van der Waals surface area (Å²) in [5.41, 5.74) is -0.565. The second kappa shape index (κ2) is 9.71. The summed E-state index contributed by atoms with van der Waals surface area (Å²) in [6, 6.07) is -0.247. The molecule has 0 radical (unpaired) electrons. The average Bonchev–Trinajstić information content (AvgIpc) is 2.46. The molecule has 0 unspecified atom stereocenters. The number of esters is 2. The highest BCUT2D eigenvalue weighted by atomic mass is 35.5. The summed E-state index contributed by atoms with van der Waals surface area (Å²) in [5, 5.41) is 0. The summed E-state index contributed by atoms with van der Waals surface area (Å²) in [5.74, 6) is -0.846. The Labute approximate surface area is 146 Å². The molecular formula is C16H25ClO7. The quantitative estimate of drug-likeness (QED) is 0.405. The van der Waals surface area contributed by atoms with E-state index in [1.807, 2.05) is 0 Å². The molecule has 1 fully saturated rings. The van der Waals surface area contributed by atoms with Gasteiger partial charge < -0.3 is 18.9 Å². The van der Waals surface area contributed by atoms with Crippen LogP contribution in [0.25, 0.3) is 0 Å². The summed E-state index contributed by atoms with van der Waals surface area (Å²) < 4.78 is 20.0. The molecule has 0 saturated heterocycles. The van der Waals surface area contributed by atoms with E-state index in [0.717, 1.165) is 0 Å². The van der Waals surface area contributed by atoms with Gasteiger partial charge in [0.05, 0.1) is 12.8 Å². The Morgan fingerprint density at radius 2 is 1.42 bits per heavy atom. The molecule has 8 heteroatoms. The maximum absolute atomic E-state index is 11.8. The van der Waals surface area contributed by atoms with Crippen molar-refractivity contribution >= 4 is 29.7 Å². The van der Waals surface area contributed by atoms with Gasteiger partial charge in [-0.25, -0.2) is 4.79 Å². The van der Waals surface area contributed by atoms with Crippen LogP contribution in [0.3, 0.4) is 0 Å². The highest BCUT2D eigenvalue weighted by molar-refractivity contribution is 6.17. The van der Waals surface area contributed by atoms with Gasteiger partial charge in [0.25, 0.3) is 0 Å². The van der Waals surface area contributed by atoms with Gasteiger partial charge in [-0.1, -0.05) is 11.6 Å². The van der Waals surface area contributed by atoms with Crippen LogP contribution in [-0.4, -0.2) is 42.0 Å². The average molecular weight is 365 g/mol. The van der Waals surface area contributed by atoms with Crippen LogP contribution in [-0.2, 0) is 28.5 Å². The molecule has 0 aromatic rings. The lowest BCUT2D eigenvalue weighted by molar-refractivity contribution is -0.160. The van der Waals surface area contributed by atoms with E-state index in [1.54, 1.807) is 20.8 Å². The first-order valence-electron chi connectivity index (χ1n) is 8.00. The van der Waals surface area contributed by atoms with Gasteiger partial charge in [0, 0.05) is 0 Å². The van der Waals surface area contributed by atoms with E-state index in [-0.39, 0.29) is 31.1 Å². The van der Waals surface area contributed by atoms with Crippen molar-refractivity contribution < 1.29 is 33.3 Å². The van der Waals surface area contributed by atoms with E-state index >= 15 is 0 Å². The van der Waals surface area contributed by atoms with Crippen molar-refractivity contribution in [1.29, 1.82) is 0 Å². The largest absolute Gasteiger partial charge is 0.509 e. The van der Waals surface area contributed by atoms with Crippen LogP contribution in [0.5, 0.6) is 0 Å². The Bertz CT molecular complexity index is 436. The zero-order chi connectivity index (χ0) is 18.2. The van der Waals surface area contributed by atoms with E-state index in [1.165, 1.54) is 0 Å². The third kappa shape index (κ3) is 8.96. The topological polar surface area (TPSA) is 88.1 Å². The zero-order valence-electron chi connectivity index (χ0n) is 14.3. The molecule has 0 bridgehead atoms. The van der Waals surface area contributed by atoms with Gasteiger partial charge in [0.2, 0.25) is 0 Å². The van der Waals surface area contributed by atoms with Gasteiger partial charge in [-0.05, 0) is 46.5 Å². The summed E-state index contributed by atoms with van der Waals surface area (Å²) in [6.45, 7) is 5.31. The number of hydrogen-bond acceptors (Lipinski definition) is 7. The number of hydrogen-bond donors (Lipinski definition) is 0. The lowest BCUT2D eigenvalue weighted by atomic mass is 9.95. The van der Waals surface area contributed by atoms with Crippen LogP contribution < -0.4 is 0 Å². The lowest BCUT2D eigenvalue weighted by Gasteiger charge is -2.27. The lowest BCUT2D eigenvalue weighted by Crippen LogP contribution is -2.30. The molecule has 0 aliphatic heterocycles. The van der Waals surface area contributed by atoms with Gasteiger partial charge in [0.15, 0.2) is 6.07 Å². The molecule has 0 amide bonds. The van der Waals surface area contributed by atoms with Crippen molar-refractivity contribution in [3.8, 4) is 0 Å². The van der Waals surface area contributed by atoms with Gasteiger partial charge >= 0.3 is 18.1 Å². The van der Waals surface area contributed by atoms with E-state index in [2.05, 4.69) is 4.74 Å². The van der Waals surface area contributed by atoms with E-state index in [9.17, 15) is 14.4 Å².